The van der Waals surface area contributed by atoms with Crippen LogP contribution in [0.2, 0.25) is 0 Å². The molecule has 0 unspecified atom stereocenters. The summed E-state index contributed by atoms with van der Waals surface area (Å²) in [4.78, 5) is 11.8. The van der Waals surface area contributed by atoms with Gasteiger partial charge in [-0.1, -0.05) is 11.8 Å². The topological polar surface area (TPSA) is 76.3 Å². The zero-order valence-corrected chi connectivity index (χ0v) is 16.0. The van der Waals surface area contributed by atoms with Crippen molar-refractivity contribution in [3.63, 3.8) is 0 Å². The number of aromatic nitrogens is 2. The van der Waals surface area contributed by atoms with Crippen LogP contribution in [0.15, 0.2) is 64.6 Å². The quantitative estimate of drug-likeness (QED) is 0.499. The number of nitrogens with zero attached hydrogens (tertiary/aromatic N) is 3. The summed E-state index contributed by atoms with van der Waals surface area (Å²) < 4.78 is 19.0. The summed E-state index contributed by atoms with van der Waals surface area (Å²) in [6, 6.07) is 14.7. The first kappa shape index (κ1) is 18.5. The van der Waals surface area contributed by atoms with Gasteiger partial charge in [-0.05, 0) is 48.5 Å². The van der Waals surface area contributed by atoms with E-state index in [0.29, 0.717) is 11.0 Å². The molecule has 0 aliphatic carbocycles. The van der Waals surface area contributed by atoms with Gasteiger partial charge in [0, 0.05) is 35.6 Å². The monoisotopic (exact) mass is 397 g/mol. The Morgan fingerprint density at radius 3 is 2.61 bits per heavy atom. The molecule has 0 bridgehead atoms. The molecule has 3 aromatic rings. The molecule has 2 aromatic carbocycles. The Morgan fingerprint density at radius 1 is 1.07 bits per heavy atom. The molecular weight excluding hydrogens is 377 g/mol. The Kier molecular flexibility index (Phi) is 5.59. The Hall–Kier alpha value is -2.84. The number of rotatable bonds is 5. The third kappa shape index (κ3) is 4.52. The summed E-state index contributed by atoms with van der Waals surface area (Å²) in [6.45, 7) is 3.33. The molecule has 0 radical (unpaired) electrons. The number of nitrogen functional groups attached to an aromatic ring is 1. The van der Waals surface area contributed by atoms with Gasteiger partial charge in [0.25, 0.3) is 0 Å². The molecule has 1 fully saturated rings. The van der Waals surface area contributed by atoms with Gasteiger partial charge in [-0.2, -0.15) is 0 Å². The Bertz CT molecular complexity index is 948. The average molecular weight is 397 g/mol. The van der Waals surface area contributed by atoms with Crippen molar-refractivity contribution < 1.29 is 9.13 Å². The van der Waals surface area contributed by atoms with Crippen LogP contribution in [-0.2, 0) is 4.74 Å². The first-order chi connectivity index (χ1) is 13.7. The number of morpholine rings is 1. The number of nitrogens with one attached hydrogen (secondary N) is 1. The number of benzene rings is 2. The maximum absolute atomic E-state index is 13.6. The van der Waals surface area contributed by atoms with Crippen molar-refractivity contribution in [1.82, 2.24) is 9.97 Å². The molecule has 0 saturated carbocycles. The summed E-state index contributed by atoms with van der Waals surface area (Å²) in [5, 5.41) is 3.92. The molecule has 0 amide bonds. The van der Waals surface area contributed by atoms with Crippen molar-refractivity contribution in [2.75, 3.05) is 42.3 Å². The summed E-state index contributed by atoms with van der Waals surface area (Å²) in [5.41, 5.74) is 7.73. The number of nitrogens with two attached hydrogens (primary N) is 1. The van der Waals surface area contributed by atoms with Crippen molar-refractivity contribution in [1.29, 1.82) is 0 Å². The molecule has 1 aliphatic rings. The van der Waals surface area contributed by atoms with E-state index in [4.69, 9.17) is 10.5 Å². The van der Waals surface area contributed by atoms with E-state index in [2.05, 4.69) is 32.3 Å². The summed E-state index contributed by atoms with van der Waals surface area (Å²) in [6.07, 6.45) is 1.67. The zero-order chi connectivity index (χ0) is 19.3. The minimum atomic E-state index is -0.433. The molecule has 0 atom stereocenters. The van der Waals surface area contributed by atoms with Crippen LogP contribution in [0.1, 0.15) is 0 Å². The fraction of sp³-hybridized carbons (Fsp3) is 0.200. The molecule has 4 rings (SSSR count). The van der Waals surface area contributed by atoms with Gasteiger partial charge in [-0.3, -0.25) is 0 Å². The highest BCUT2D eigenvalue weighted by Crippen LogP contribution is 2.29. The van der Waals surface area contributed by atoms with Crippen LogP contribution in [-0.4, -0.2) is 36.3 Å². The molecule has 1 saturated heterocycles. The maximum atomic E-state index is 13.6. The summed E-state index contributed by atoms with van der Waals surface area (Å²) >= 11 is 1.35. The number of hydrogen-bond donors (Lipinski definition) is 2. The smallest absolute Gasteiger partial charge is 0.228 e. The number of hydrogen-bond acceptors (Lipinski definition) is 7. The third-order valence-electron chi connectivity index (χ3n) is 4.32. The molecule has 1 aliphatic heterocycles. The molecule has 2 heterocycles. The predicted octanol–water partition coefficient (Wildman–Crippen LogP) is 3.93. The molecule has 144 valence electrons. The minimum Gasteiger partial charge on any atom is -0.396 e. The lowest BCUT2D eigenvalue weighted by atomic mass is 10.2. The van der Waals surface area contributed by atoms with Crippen molar-refractivity contribution in [3.8, 4) is 0 Å². The van der Waals surface area contributed by atoms with E-state index in [1.54, 1.807) is 24.4 Å². The van der Waals surface area contributed by atoms with Crippen LogP contribution in [0.3, 0.4) is 0 Å². The lowest BCUT2D eigenvalue weighted by Gasteiger charge is -2.28. The van der Waals surface area contributed by atoms with Crippen LogP contribution in [0, 0.1) is 5.82 Å². The van der Waals surface area contributed by atoms with Gasteiger partial charge >= 0.3 is 0 Å². The molecule has 0 spiro atoms. The highest BCUT2D eigenvalue weighted by Gasteiger charge is 2.11. The predicted molar refractivity (Wildman–Crippen MR) is 110 cm³/mol. The Morgan fingerprint density at radius 2 is 1.86 bits per heavy atom. The van der Waals surface area contributed by atoms with Crippen LogP contribution < -0.4 is 16.0 Å². The Balaban J connectivity index is 1.43. The molecule has 3 N–H and O–H groups in total. The van der Waals surface area contributed by atoms with Gasteiger partial charge in [0.05, 0.1) is 18.9 Å². The number of halogens is 1. The van der Waals surface area contributed by atoms with E-state index in [9.17, 15) is 4.39 Å². The second-order valence-corrected chi connectivity index (χ2v) is 7.37. The van der Waals surface area contributed by atoms with Crippen LogP contribution in [0.4, 0.5) is 27.4 Å². The molecule has 28 heavy (non-hydrogen) atoms. The van der Waals surface area contributed by atoms with Gasteiger partial charge in [-0.25, -0.2) is 14.4 Å². The van der Waals surface area contributed by atoms with Crippen molar-refractivity contribution >= 4 is 34.8 Å². The third-order valence-corrected chi connectivity index (χ3v) is 5.25. The average Bonchev–Trinajstić information content (AvgIpc) is 2.72. The van der Waals surface area contributed by atoms with E-state index in [-0.39, 0.29) is 5.69 Å². The first-order valence-corrected chi connectivity index (χ1v) is 9.75. The molecular formula is C20H20FN5OS. The van der Waals surface area contributed by atoms with Crippen LogP contribution >= 0.6 is 11.8 Å². The summed E-state index contributed by atoms with van der Waals surface area (Å²) in [7, 11) is 0. The molecule has 8 heteroatoms. The normalized spacial score (nSPS) is 14.1. The van der Waals surface area contributed by atoms with E-state index >= 15 is 0 Å². The Labute approximate surface area is 166 Å². The molecule has 6 nitrogen and oxygen atoms in total. The van der Waals surface area contributed by atoms with Crippen molar-refractivity contribution in [2.45, 2.75) is 9.92 Å². The lowest BCUT2D eigenvalue weighted by Crippen LogP contribution is -2.36. The second-order valence-electron chi connectivity index (χ2n) is 6.28. The highest BCUT2D eigenvalue weighted by molar-refractivity contribution is 7.99. The van der Waals surface area contributed by atoms with Crippen LogP contribution in [0.5, 0.6) is 0 Å². The highest BCUT2D eigenvalue weighted by atomic mass is 32.2. The fourth-order valence-electron chi connectivity index (χ4n) is 2.86. The maximum Gasteiger partial charge on any atom is 0.228 e. The van der Waals surface area contributed by atoms with Crippen molar-refractivity contribution in [3.05, 3.63) is 60.5 Å². The van der Waals surface area contributed by atoms with E-state index in [0.717, 1.165) is 36.9 Å². The van der Waals surface area contributed by atoms with Crippen LogP contribution in [0.25, 0.3) is 0 Å². The minimum absolute atomic E-state index is 0.134. The van der Waals surface area contributed by atoms with Gasteiger partial charge in [0.2, 0.25) is 5.95 Å². The van der Waals surface area contributed by atoms with Gasteiger partial charge in [0.1, 0.15) is 10.8 Å². The SMILES string of the molecule is Nc1ccc(Sc2ccnc(Nc3ccc(N4CCOCC4)cc3)n2)cc1F. The van der Waals surface area contributed by atoms with Gasteiger partial charge < -0.3 is 20.7 Å². The molecule has 1 aromatic heterocycles. The number of anilines is 4. The van der Waals surface area contributed by atoms with Crippen molar-refractivity contribution in [2.24, 2.45) is 0 Å². The summed E-state index contributed by atoms with van der Waals surface area (Å²) in [5.74, 6) is 0.0535. The van der Waals surface area contributed by atoms with E-state index in [1.165, 1.54) is 23.5 Å². The lowest BCUT2D eigenvalue weighted by molar-refractivity contribution is 0.122. The first-order valence-electron chi connectivity index (χ1n) is 8.93. The largest absolute Gasteiger partial charge is 0.396 e. The van der Waals surface area contributed by atoms with E-state index in [1.807, 2.05) is 12.1 Å². The zero-order valence-electron chi connectivity index (χ0n) is 15.1. The van der Waals surface area contributed by atoms with Gasteiger partial charge in [-0.15, -0.1) is 0 Å². The van der Waals surface area contributed by atoms with Gasteiger partial charge in [0.15, 0.2) is 0 Å². The standard InChI is InChI=1S/C20H20FN5OS/c21-17-13-16(5-6-18(17)22)28-19-7-8-23-20(25-19)24-14-1-3-15(4-2-14)26-9-11-27-12-10-26/h1-8,13H,9-12,22H2,(H,23,24,25). The second kappa shape index (κ2) is 8.45. The fourth-order valence-corrected chi connectivity index (χ4v) is 3.66. The van der Waals surface area contributed by atoms with E-state index < -0.39 is 5.82 Å². The number of ether oxygens (including phenoxy) is 1.